The molecule has 0 radical (unpaired) electrons. The normalized spacial score (nSPS) is 11.4. The highest BCUT2D eigenvalue weighted by Crippen LogP contribution is 2.23. The van der Waals surface area contributed by atoms with Crippen molar-refractivity contribution < 1.29 is 13.2 Å². The summed E-state index contributed by atoms with van der Waals surface area (Å²) in [6, 6.07) is 4.76. The van der Waals surface area contributed by atoms with Gasteiger partial charge in [-0.25, -0.2) is 13.1 Å². The number of aromatic nitrogens is 2. The van der Waals surface area contributed by atoms with Gasteiger partial charge in [0, 0.05) is 23.0 Å². The molecule has 0 atom stereocenters. The van der Waals surface area contributed by atoms with Crippen molar-refractivity contribution in [2.45, 2.75) is 24.2 Å². The molecule has 23 heavy (non-hydrogen) atoms. The Kier molecular flexibility index (Phi) is 5.93. The van der Waals surface area contributed by atoms with Gasteiger partial charge in [-0.15, -0.1) is 10.2 Å². The van der Waals surface area contributed by atoms with Crippen molar-refractivity contribution in [3.05, 3.63) is 33.8 Å². The van der Waals surface area contributed by atoms with Gasteiger partial charge < -0.3 is 5.32 Å². The summed E-state index contributed by atoms with van der Waals surface area (Å²) in [5.74, 6) is -0.272. The second kappa shape index (κ2) is 7.54. The van der Waals surface area contributed by atoms with Crippen LogP contribution in [0.5, 0.6) is 0 Å². The first-order valence-electron chi connectivity index (χ1n) is 6.38. The lowest BCUT2D eigenvalue weighted by Gasteiger charge is -2.06. The molecule has 2 N–H and O–H groups in total. The van der Waals surface area contributed by atoms with Crippen LogP contribution < -0.4 is 10.0 Å². The number of nitrogens with zero attached hydrogens (tertiary/aromatic N) is 2. The quantitative estimate of drug-likeness (QED) is 0.733. The number of sulfonamides is 1. The lowest BCUT2D eigenvalue weighted by atomic mass is 10.2. The van der Waals surface area contributed by atoms with Crippen LogP contribution in [0.1, 0.15) is 18.9 Å². The number of anilines is 1. The van der Waals surface area contributed by atoms with Crippen LogP contribution in [-0.2, 0) is 21.4 Å². The zero-order valence-electron chi connectivity index (χ0n) is 11.8. The van der Waals surface area contributed by atoms with Gasteiger partial charge in [-0.05, 0) is 17.7 Å². The van der Waals surface area contributed by atoms with Crippen molar-refractivity contribution in [3.63, 3.8) is 0 Å². The Labute approximate surface area is 147 Å². The molecule has 0 aliphatic rings. The molecular weight excluding hydrogens is 383 g/mol. The molecule has 1 heterocycles. The van der Waals surface area contributed by atoms with Gasteiger partial charge >= 0.3 is 0 Å². The Balaban J connectivity index is 2.08. The molecule has 0 spiro atoms. The van der Waals surface area contributed by atoms with E-state index in [9.17, 15) is 13.2 Å². The largest absolute Gasteiger partial charge is 0.301 e. The summed E-state index contributed by atoms with van der Waals surface area (Å²) in [6.45, 7) is 1.65. The van der Waals surface area contributed by atoms with Gasteiger partial charge in [-0.2, -0.15) is 0 Å². The molecule has 7 nitrogen and oxygen atoms in total. The lowest BCUT2D eigenvalue weighted by Crippen LogP contribution is -2.23. The number of hydrogen-bond acceptors (Lipinski definition) is 6. The molecule has 1 aromatic heterocycles. The van der Waals surface area contributed by atoms with Gasteiger partial charge in [-0.1, -0.05) is 47.5 Å². The van der Waals surface area contributed by atoms with E-state index in [0.29, 0.717) is 15.6 Å². The molecule has 0 unspecified atom stereocenters. The Bertz CT molecular complexity index is 823. The van der Waals surface area contributed by atoms with E-state index in [1.165, 1.54) is 6.07 Å². The summed E-state index contributed by atoms with van der Waals surface area (Å²) in [6.07, 6.45) is 0.259. The molecule has 0 saturated carbocycles. The summed E-state index contributed by atoms with van der Waals surface area (Å²) in [4.78, 5) is 11.3. The van der Waals surface area contributed by atoms with E-state index in [0.717, 1.165) is 11.3 Å². The average Bonchev–Trinajstić information content (AvgIpc) is 2.95. The van der Waals surface area contributed by atoms with Gasteiger partial charge in [0.15, 0.2) is 0 Å². The third kappa shape index (κ3) is 4.85. The highest BCUT2D eigenvalue weighted by atomic mass is 35.5. The first kappa shape index (κ1) is 18.1. The van der Waals surface area contributed by atoms with Gasteiger partial charge in [0.2, 0.25) is 15.4 Å². The van der Waals surface area contributed by atoms with Crippen molar-refractivity contribution >= 4 is 55.6 Å². The van der Waals surface area contributed by atoms with Gasteiger partial charge in [-0.3, -0.25) is 4.79 Å². The maximum Gasteiger partial charge on any atom is 0.270 e. The molecule has 11 heteroatoms. The second-order valence-corrected chi connectivity index (χ2v) is 8.10. The zero-order valence-corrected chi connectivity index (χ0v) is 15.0. The van der Waals surface area contributed by atoms with Crippen molar-refractivity contribution in [1.29, 1.82) is 0 Å². The van der Waals surface area contributed by atoms with E-state index in [2.05, 4.69) is 20.2 Å². The Morgan fingerprint density at radius 2 is 2.04 bits per heavy atom. The SMILES string of the molecule is CCC(=O)Nc1nnc(S(=O)(=O)NCc2ccc(Cl)cc2Cl)s1. The third-order valence-corrected chi connectivity index (χ3v) is 5.87. The van der Waals surface area contributed by atoms with E-state index in [-0.39, 0.29) is 28.3 Å². The van der Waals surface area contributed by atoms with E-state index in [1.807, 2.05) is 0 Å². The molecule has 0 fully saturated rings. The van der Waals surface area contributed by atoms with Crippen LogP contribution in [0.3, 0.4) is 0 Å². The maximum absolute atomic E-state index is 12.2. The standard InChI is InChI=1S/C12H12Cl2N4O3S2/c1-2-10(19)16-11-17-18-12(22-11)23(20,21)15-6-7-3-4-8(13)5-9(7)14/h3-5,15H,2,6H2,1H3,(H,16,17,19). The molecule has 124 valence electrons. The number of nitrogens with one attached hydrogen (secondary N) is 2. The van der Waals surface area contributed by atoms with Crippen LogP contribution in [0.2, 0.25) is 10.0 Å². The topological polar surface area (TPSA) is 101 Å². The highest BCUT2D eigenvalue weighted by Gasteiger charge is 2.21. The van der Waals surface area contributed by atoms with Crippen molar-refractivity contribution in [3.8, 4) is 0 Å². The monoisotopic (exact) mass is 394 g/mol. The van der Waals surface area contributed by atoms with Crippen LogP contribution >= 0.6 is 34.5 Å². The summed E-state index contributed by atoms with van der Waals surface area (Å²) in [5, 5.41) is 10.6. The summed E-state index contributed by atoms with van der Waals surface area (Å²) in [5.41, 5.74) is 0.573. The fourth-order valence-corrected chi connectivity index (χ4v) is 3.91. The van der Waals surface area contributed by atoms with Gasteiger partial charge in [0.25, 0.3) is 10.0 Å². The summed E-state index contributed by atoms with van der Waals surface area (Å²) >= 11 is 12.5. The fraction of sp³-hybridized carbons (Fsp3) is 0.250. The summed E-state index contributed by atoms with van der Waals surface area (Å²) < 4.78 is 26.5. The minimum absolute atomic E-state index is 0.0193. The number of halogens is 2. The van der Waals surface area contributed by atoms with Crippen LogP contribution in [0.25, 0.3) is 0 Å². The van der Waals surface area contributed by atoms with Crippen LogP contribution in [0, 0.1) is 0 Å². The smallest absolute Gasteiger partial charge is 0.270 e. The third-order valence-electron chi connectivity index (χ3n) is 2.67. The average molecular weight is 395 g/mol. The van der Waals surface area contributed by atoms with Crippen LogP contribution in [-0.4, -0.2) is 24.5 Å². The Hall–Kier alpha value is -1.26. The Morgan fingerprint density at radius 3 is 2.70 bits per heavy atom. The van der Waals surface area contributed by atoms with Gasteiger partial charge in [0.1, 0.15) is 0 Å². The molecule has 0 aliphatic heterocycles. The maximum atomic E-state index is 12.2. The van der Waals surface area contributed by atoms with Crippen LogP contribution in [0.15, 0.2) is 22.5 Å². The number of carbonyl (C=O) groups is 1. The molecule has 1 aromatic carbocycles. The first-order valence-corrected chi connectivity index (χ1v) is 9.44. The summed E-state index contributed by atoms with van der Waals surface area (Å²) in [7, 11) is -3.86. The molecule has 0 aliphatic carbocycles. The second-order valence-electron chi connectivity index (χ2n) is 4.34. The predicted octanol–water partition coefficient (Wildman–Crippen LogP) is 2.67. The number of carbonyl (C=O) groups excluding carboxylic acids is 1. The number of amides is 1. The first-order chi connectivity index (χ1) is 10.8. The highest BCUT2D eigenvalue weighted by molar-refractivity contribution is 7.91. The molecule has 2 rings (SSSR count). The van der Waals surface area contributed by atoms with Gasteiger partial charge in [0.05, 0.1) is 0 Å². The molecule has 2 aromatic rings. The molecule has 0 saturated heterocycles. The predicted molar refractivity (Wildman–Crippen MR) is 89.3 cm³/mol. The van der Waals surface area contributed by atoms with E-state index in [4.69, 9.17) is 23.2 Å². The van der Waals surface area contributed by atoms with Crippen molar-refractivity contribution in [2.75, 3.05) is 5.32 Å². The number of hydrogen-bond donors (Lipinski definition) is 2. The zero-order chi connectivity index (χ0) is 17.0. The molecular formula is C12H12Cl2N4O3S2. The Morgan fingerprint density at radius 1 is 1.30 bits per heavy atom. The van der Waals surface area contributed by atoms with E-state index in [1.54, 1.807) is 19.1 Å². The van der Waals surface area contributed by atoms with Crippen LogP contribution in [0.4, 0.5) is 5.13 Å². The van der Waals surface area contributed by atoms with Crippen molar-refractivity contribution in [1.82, 2.24) is 14.9 Å². The minimum Gasteiger partial charge on any atom is -0.301 e. The molecule has 1 amide bonds. The number of benzene rings is 1. The fourth-order valence-electron chi connectivity index (χ4n) is 1.48. The van der Waals surface area contributed by atoms with E-state index < -0.39 is 10.0 Å². The number of rotatable bonds is 6. The molecule has 0 bridgehead atoms. The minimum atomic E-state index is -3.86. The van der Waals surface area contributed by atoms with E-state index >= 15 is 0 Å². The van der Waals surface area contributed by atoms with Crippen molar-refractivity contribution in [2.24, 2.45) is 0 Å². The lowest BCUT2D eigenvalue weighted by molar-refractivity contribution is -0.115.